The van der Waals surface area contributed by atoms with Gasteiger partial charge in [0.25, 0.3) is 0 Å². The Labute approximate surface area is 171 Å². The number of primary amides is 1. The molecule has 1 unspecified atom stereocenters. The summed E-state index contributed by atoms with van der Waals surface area (Å²) in [5.74, 6) is 2.46. The van der Waals surface area contributed by atoms with Crippen molar-refractivity contribution < 1.29 is 11.3 Å². The van der Waals surface area contributed by atoms with E-state index in [1.807, 2.05) is 0 Å². The quantitative estimate of drug-likeness (QED) is 0.752. The summed E-state index contributed by atoms with van der Waals surface area (Å²) in [7, 11) is 0. The lowest BCUT2D eigenvalue weighted by molar-refractivity contribution is -0.126. The van der Waals surface area contributed by atoms with Crippen LogP contribution in [0.3, 0.4) is 0 Å². The summed E-state index contributed by atoms with van der Waals surface area (Å²) in [5, 5.41) is 9.27. The van der Waals surface area contributed by atoms with E-state index in [9.17, 15) is 9.90 Å². The number of fused-ring (bicyclic) bond motifs is 5. The minimum Gasteiger partial charge on any atom is -0.396 e. The molecule has 0 spiro atoms. The fourth-order valence-corrected chi connectivity index (χ4v) is 7.45. The van der Waals surface area contributed by atoms with Crippen LogP contribution in [0.15, 0.2) is 18.2 Å². The van der Waals surface area contributed by atoms with Crippen molar-refractivity contribution in [2.24, 2.45) is 34.8 Å². The molecule has 0 heterocycles. The molecular formula is C25H37NO2. The molecule has 0 aliphatic heterocycles. The molecule has 6 atom stereocenters. The highest BCUT2D eigenvalue weighted by molar-refractivity contribution is 5.77. The smallest absolute Gasteiger partial charge is 0.220 e. The van der Waals surface area contributed by atoms with Gasteiger partial charge in [-0.1, -0.05) is 38.5 Å². The second-order valence-electron chi connectivity index (χ2n) is 9.91. The highest BCUT2D eigenvalue weighted by Crippen LogP contribution is 2.64. The van der Waals surface area contributed by atoms with Gasteiger partial charge >= 0.3 is 0 Å². The lowest BCUT2D eigenvalue weighted by Gasteiger charge is -2.52. The fourth-order valence-electron chi connectivity index (χ4n) is 7.45. The molecule has 154 valence electrons. The first kappa shape index (κ1) is 18.7. The molecule has 3 nitrogen and oxygen atoms in total. The number of aliphatic hydroxyl groups is 1. The zero-order valence-corrected chi connectivity index (χ0v) is 17.5. The van der Waals surface area contributed by atoms with Crippen molar-refractivity contribution in [1.29, 1.82) is 0 Å². The van der Waals surface area contributed by atoms with Crippen LogP contribution in [0.25, 0.3) is 0 Å². The number of rotatable bonds is 6. The van der Waals surface area contributed by atoms with Gasteiger partial charge < -0.3 is 10.8 Å². The van der Waals surface area contributed by atoms with Crippen molar-refractivity contribution in [3.05, 3.63) is 34.9 Å². The van der Waals surface area contributed by atoms with E-state index in [1.54, 1.807) is 5.56 Å². The van der Waals surface area contributed by atoms with Crippen LogP contribution in [0, 0.1) is 29.1 Å². The lowest BCUT2D eigenvalue weighted by atomic mass is 9.53. The van der Waals surface area contributed by atoms with Gasteiger partial charge in [0.15, 0.2) is 1.41 Å². The predicted molar refractivity (Wildman–Crippen MR) is 113 cm³/mol. The summed E-state index contributed by atoms with van der Waals surface area (Å²) in [6.07, 6.45) is 9.88. The number of carbonyl (C=O) groups is 1. The predicted octanol–water partition coefficient (Wildman–Crippen LogP) is 4.60. The van der Waals surface area contributed by atoms with E-state index < -0.39 is 0 Å². The van der Waals surface area contributed by atoms with Crippen LogP contribution in [0.5, 0.6) is 0 Å². The summed E-state index contributed by atoms with van der Waals surface area (Å²) in [4.78, 5) is 12.5. The molecule has 1 amide bonds. The molecule has 3 heteroatoms. The summed E-state index contributed by atoms with van der Waals surface area (Å²) in [5.41, 5.74) is 6.78. The molecule has 28 heavy (non-hydrogen) atoms. The lowest BCUT2D eigenvalue weighted by Crippen LogP contribution is -2.45. The molecule has 3 aliphatic rings. The van der Waals surface area contributed by atoms with E-state index in [-0.39, 0.29) is 23.8 Å². The van der Waals surface area contributed by atoms with E-state index in [0.29, 0.717) is 17.8 Å². The maximum atomic E-state index is 12.5. The van der Waals surface area contributed by atoms with Crippen molar-refractivity contribution >= 4 is 5.91 Å². The first-order chi connectivity index (χ1) is 14.0. The standard InChI is InChI=1S/C25H37NO2/c1-3-4-21(24(26)28)23-10-9-22-20-8-6-17-15-16(12-14-27)5-7-18(17)19(20)11-13-25(22,23)2/h5,7,15,19-23,27H,3-4,6,8-14H2,1-2H3,(H2,26,28)/t19-,20-,21?,22+,23-,25+/m1/s1/i/hT. The largest absolute Gasteiger partial charge is 0.396 e. The minimum absolute atomic E-state index is 0.000895. The van der Waals surface area contributed by atoms with Crippen molar-refractivity contribution in [3.63, 3.8) is 0 Å². The van der Waals surface area contributed by atoms with Gasteiger partial charge in [0, 0.05) is 12.5 Å². The number of carbonyl (C=O) groups excluding carboxylic acids is 1. The van der Waals surface area contributed by atoms with Gasteiger partial charge in [-0.3, -0.25) is 4.79 Å². The number of amides is 1. The normalized spacial score (nSPS) is 35.3. The average Bonchev–Trinajstić information content (AvgIpc) is 3.08. The zero-order valence-electron chi connectivity index (χ0n) is 18.5. The molecule has 4 rings (SSSR count). The molecule has 2 saturated carbocycles. The van der Waals surface area contributed by atoms with Crippen molar-refractivity contribution in [1.82, 2.24) is 0 Å². The van der Waals surface area contributed by atoms with E-state index in [0.717, 1.165) is 38.0 Å². The number of hydrogen-bond acceptors (Lipinski definition) is 2. The van der Waals surface area contributed by atoms with Crippen molar-refractivity contribution in [2.75, 3.05) is 6.61 Å². The van der Waals surface area contributed by atoms with E-state index in [2.05, 4.69) is 37.8 Å². The zero-order chi connectivity index (χ0) is 20.6. The summed E-state index contributed by atoms with van der Waals surface area (Å²) in [6.45, 7) is 4.84. The SMILES string of the molecule is [3H]NC(=O)C(CCC)[C@H]1CC[C@H]2[C@@H]3CCc4cc(CCO)ccc4[C@H]3CC[C@]12C. The second kappa shape index (κ2) is 7.82. The molecule has 3 N–H and O–H groups in total. The fraction of sp³-hybridized carbons (Fsp3) is 0.720. The Bertz CT molecular complexity index is 750. The third kappa shape index (κ3) is 3.20. The van der Waals surface area contributed by atoms with Crippen molar-refractivity contribution in [3.8, 4) is 0 Å². The maximum absolute atomic E-state index is 12.5. The first-order valence-corrected chi connectivity index (χ1v) is 11.5. The number of nitrogens with two attached hydrogens (primary N) is 1. The first-order valence-electron chi connectivity index (χ1n) is 12.0. The summed E-state index contributed by atoms with van der Waals surface area (Å²) >= 11 is 0. The van der Waals surface area contributed by atoms with E-state index >= 15 is 0 Å². The van der Waals surface area contributed by atoms with Gasteiger partial charge in [-0.25, -0.2) is 0 Å². The Morgan fingerprint density at radius 2 is 2.21 bits per heavy atom. The highest BCUT2D eigenvalue weighted by Gasteiger charge is 2.56. The molecular weight excluding hydrogens is 346 g/mol. The van der Waals surface area contributed by atoms with Gasteiger partial charge in [0.1, 0.15) is 0 Å². The maximum Gasteiger partial charge on any atom is 0.220 e. The summed E-state index contributed by atoms with van der Waals surface area (Å²) < 4.78 is 7.44. The van der Waals surface area contributed by atoms with Crippen LogP contribution in [-0.2, 0) is 17.6 Å². The minimum atomic E-state index is -0.0637. The Morgan fingerprint density at radius 3 is 2.96 bits per heavy atom. The van der Waals surface area contributed by atoms with Gasteiger partial charge in [-0.2, -0.15) is 0 Å². The van der Waals surface area contributed by atoms with Crippen LogP contribution >= 0.6 is 0 Å². The average molecular weight is 386 g/mol. The number of benzene rings is 1. The molecule has 0 aromatic heterocycles. The van der Waals surface area contributed by atoms with Crippen LogP contribution in [-0.4, -0.2) is 17.6 Å². The van der Waals surface area contributed by atoms with Crippen molar-refractivity contribution in [2.45, 2.75) is 77.6 Å². The Hall–Kier alpha value is -1.35. The monoisotopic (exact) mass is 385 g/mol. The topological polar surface area (TPSA) is 63.3 Å². The Kier molecular flexibility index (Phi) is 5.21. The number of hydrogen-bond donors (Lipinski definition) is 2. The van der Waals surface area contributed by atoms with Gasteiger partial charge in [-0.15, -0.1) is 0 Å². The molecule has 0 radical (unpaired) electrons. The van der Waals surface area contributed by atoms with Gasteiger partial charge in [-0.05, 0) is 97.1 Å². The summed E-state index contributed by atoms with van der Waals surface area (Å²) in [6, 6.07) is 6.90. The van der Waals surface area contributed by atoms with Crippen LogP contribution in [0.2, 0.25) is 1.41 Å². The number of aryl methyl sites for hydroxylation is 1. The third-order valence-electron chi connectivity index (χ3n) is 8.69. The van der Waals surface area contributed by atoms with Crippen LogP contribution in [0.1, 0.15) is 81.4 Å². The van der Waals surface area contributed by atoms with Crippen LogP contribution in [0.4, 0.5) is 0 Å². The Balaban J connectivity index is 1.58. The molecule has 3 aliphatic carbocycles. The molecule has 0 bridgehead atoms. The molecule has 0 saturated heterocycles. The Morgan fingerprint density at radius 1 is 1.36 bits per heavy atom. The number of aliphatic hydroxyl groups excluding tert-OH is 1. The van der Waals surface area contributed by atoms with Gasteiger partial charge in [0.05, 0.1) is 0 Å². The molecule has 1 aromatic rings. The van der Waals surface area contributed by atoms with Crippen LogP contribution < -0.4 is 5.73 Å². The third-order valence-corrected chi connectivity index (χ3v) is 8.69. The highest BCUT2D eigenvalue weighted by atomic mass is 16.3. The molecule has 1 aromatic carbocycles. The van der Waals surface area contributed by atoms with E-state index in [4.69, 9.17) is 1.41 Å². The second-order valence-corrected chi connectivity index (χ2v) is 9.91. The van der Waals surface area contributed by atoms with E-state index in [1.165, 1.54) is 36.8 Å². The van der Waals surface area contributed by atoms with Gasteiger partial charge in [0.2, 0.25) is 5.91 Å². The molecule has 2 fully saturated rings.